The molecule has 18 heteroatoms. The van der Waals surface area contributed by atoms with Gasteiger partial charge in [-0.05, 0) is 72.3 Å². The van der Waals surface area contributed by atoms with Crippen LogP contribution < -0.4 is 0 Å². The second-order valence-electron chi connectivity index (χ2n) is 20.6. The molecule has 1 aliphatic heterocycles. The lowest BCUT2D eigenvalue weighted by atomic mass is 10.0. The van der Waals surface area contributed by atoms with Crippen LogP contribution in [0.3, 0.4) is 0 Å². The highest BCUT2D eigenvalue weighted by Gasteiger charge is 2.22. The third-order valence-electron chi connectivity index (χ3n) is 12.4. The monoisotopic (exact) mass is 1280 g/mol. The van der Waals surface area contributed by atoms with Crippen LogP contribution in [0.4, 0.5) is 5.69 Å². The van der Waals surface area contributed by atoms with E-state index < -0.39 is 0 Å². The number of thiazole rings is 1. The number of rotatable bonds is 11. The smallest absolute Gasteiger partial charge is 0.264 e. The fourth-order valence-corrected chi connectivity index (χ4v) is 8.81. The van der Waals surface area contributed by atoms with Crippen LogP contribution in [-0.4, -0.2) is 84.3 Å². The Kier molecular flexibility index (Phi) is 37.5. The van der Waals surface area contributed by atoms with Crippen LogP contribution in [0.2, 0.25) is 0 Å². The van der Waals surface area contributed by atoms with Crippen molar-refractivity contribution in [3.8, 4) is 0 Å². The Bertz CT molecular complexity index is 3560. The van der Waals surface area contributed by atoms with Gasteiger partial charge in [0.15, 0.2) is 45.2 Å². The van der Waals surface area contributed by atoms with Gasteiger partial charge < -0.3 is 13.8 Å². The molecule has 8 heterocycles. The van der Waals surface area contributed by atoms with Gasteiger partial charge in [0.1, 0.15) is 22.6 Å². The molecule has 17 nitrogen and oxygen atoms in total. The molecule has 4 aromatic carbocycles. The number of Topliss-reactive ketones (excluding diaryl/α,β-unsaturated/α-hetero) is 6. The lowest BCUT2D eigenvalue weighted by molar-refractivity contribution is -0.115. The SMILES string of the molecule is C.CC.CC.CC.CC.CC.CC(=O)c1cn2ccccc2n1.CC(C)C(=O)C1=Nc2ccccc2C1.CC(C)C(=O)c1cn2ncccc2n1.CC(C)C(=O)c1nc2ccccc2[nH]1.CC(C)C(=O)c1nc2ccccc2o1.CC(C)C(=O)c1nc2ccccc2s1. The van der Waals surface area contributed by atoms with Crippen LogP contribution >= 0.6 is 11.3 Å². The fraction of sp³-hybridized carbons (Fsp3) is 0.373. The molecule has 11 aromatic rings. The van der Waals surface area contributed by atoms with Gasteiger partial charge in [0, 0.05) is 61.5 Å². The molecule has 0 fully saturated rings. The number of aliphatic imine (C=N–C) groups is 1. The van der Waals surface area contributed by atoms with Gasteiger partial charge in [-0.2, -0.15) is 5.10 Å². The van der Waals surface area contributed by atoms with E-state index >= 15 is 0 Å². The number of imidazole rings is 3. The maximum Gasteiger partial charge on any atom is 0.264 e. The lowest BCUT2D eigenvalue weighted by Crippen LogP contribution is -2.19. The van der Waals surface area contributed by atoms with Crippen LogP contribution in [0, 0.1) is 29.6 Å². The van der Waals surface area contributed by atoms with E-state index in [4.69, 9.17) is 4.42 Å². The number of nitrogens with one attached hydrogen (secondary N) is 1. The maximum atomic E-state index is 11.7. The molecule has 0 atom stereocenters. The zero-order valence-corrected chi connectivity index (χ0v) is 58.6. The normalized spacial score (nSPS) is 10.5. The van der Waals surface area contributed by atoms with E-state index in [-0.39, 0.29) is 77.6 Å². The van der Waals surface area contributed by atoms with Crippen LogP contribution in [0.5, 0.6) is 0 Å². The molecule has 0 saturated carbocycles. The standard InChI is InChI=1S/C12H13NO.C11H12N2O.C11H11NO2.C11H11NOS.C10H11N3O.C9H8N2O.5C2H6.CH4/c1-8(2)12(14)11-7-9-5-3-4-6-10(9)13-11;1-7(2)10(14)11-12-8-5-3-4-6-9(8)13-11;2*1-7(2)10(13)11-12-8-5-3-4-6-9(8)14-11;1-7(2)10(14)8-6-13-9(12-8)4-3-5-11-13;1-7(12)8-6-11-5-3-2-4-9(11)10-8;5*1-2;/h3-6,8H,7H2,1-2H3;3-7H,1-2H3,(H,12,13);3*3-7H,1-2H3;2-6H,1H3;5*1-2H3;1H4. The summed E-state index contributed by atoms with van der Waals surface area (Å²) in [4.78, 5) is 97.4. The number of aromatic nitrogens is 9. The minimum atomic E-state index is -0.0805. The van der Waals surface area contributed by atoms with E-state index in [0.29, 0.717) is 45.6 Å². The summed E-state index contributed by atoms with van der Waals surface area (Å²) >= 11 is 1.47. The number of nitrogens with zero attached hydrogens (tertiary/aromatic N) is 9. The van der Waals surface area contributed by atoms with E-state index in [0.717, 1.165) is 43.7 Å². The van der Waals surface area contributed by atoms with Gasteiger partial charge in [-0.1, -0.05) is 207 Å². The summed E-state index contributed by atoms with van der Waals surface area (Å²) in [7, 11) is 0. The molecule has 498 valence electrons. The number of H-pyrrole nitrogens is 1. The number of benzene rings is 4. The number of para-hydroxylation sites is 6. The summed E-state index contributed by atoms with van der Waals surface area (Å²) in [6, 6.07) is 40.0. The van der Waals surface area contributed by atoms with Gasteiger partial charge in [0.25, 0.3) is 5.89 Å². The highest BCUT2D eigenvalue weighted by molar-refractivity contribution is 7.20. The van der Waals surface area contributed by atoms with Gasteiger partial charge in [0.2, 0.25) is 11.6 Å². The Labute approximate surface area is 555 Å². The van der Waals surface area contributed by atoms with Crippen LogP contribution in [-0.2, 0) is 11.2 Å². The maximum absolute atomic E-state index is 11.7. The molecule has 0 bridgehead atoms. The predicted octanol–water partition coefficient (Wildman–Crippen LogP) is 19.6. The first kappa shape index (κ1) is 81.7. The number of fused-ring (bicyclic) bond motifs is 6. The fourth-order valence-electron chi connectivity index (χ4n) is 7.75. The highest BCUT2D eigenvalue weighted by atomic mass is 32.1. The number of ketones is 6. The van der Waals surface area contributed by atoms with Crippen molar-refractivity contribution in [2.24, 2.45) is 34.6 Å². The number of hydrogen-bond acceptors (Lipinski definition) is 15. The molecule has 0 aliphatic carbocycles. The van der Waals surface area contributed by atoms with Crippen molar-refractivity contribution >= 4 is 101 Å². The minimum Gasteiger partial charge on any atom is -0.434 e. The third kappa shape index (κ3) is 24.4. The molecule has 0 saturated heterocycles. The van der Waals surface area contributed by atoms with Gasteiger partial charge >= 0.3 is 0 Å². The first-order valence-electron chi connectivity index (χ1n) is 32.0. The van der Waals surface area contributed by atoms with E-state index in [2.05, 4.69) is 40.0 Å². The van der Waals surface area contributed by atoms with Crippen molar-refractivity contribution in [3.63, 3.8) is 0 Å². The number of hydrogen-bond donors (Lipinski definition) is 1. The minimum absolute atomic E-state index is 0. The van der Waals surface area contributed by atoms with Crippen LogP contribution in [0.25, 0.3) is 43.6 Å². The molecular weight excluding hydrogens is 1180 g/mol. The van der Waals surface area contributed by atoms with E-state index in [1.807, 2.05) is 264 Å². The van der Waals surface area contributed by atoms with Gasteiger partial charge in [-0.15, -0.1) is 11.3 Å². The van der Waals surface area contributed by atoms with E-state index in [1.54, 1.807) is 35.2 Å². The Hall–Kier alpha value is -9.29. The number of carbonyl (C=O) groups excluding carboxylic acids is 6. The molecule has 0 radical (unpaired) electrons. The highest BCUT2D eigenvalue weighted by Crippen LogP contribution is 2.27. The van der Waals surface area contributed by atoms with Gasteiger partial charge in [-0.25, -0.2) is 34.4 Å². The molecule has 0 unspecified atom stereocenters. The third-order valence-corrected chi connectivity index (χ3v) is 13.4. The molecular formula is C75H100N10O7S. The van der Waals surface area contributed by atoms with Crippen molar-refractivity contribution in [2.45, 2.75) is 159 Å². The van der Waals surface area contributed by atoms with Crippen LogP contribution in [0.1, 0.15) is 210 Å². The first-order chi connectivity index (χ1) is 44.2. The number of carbonyl (C=O) groups is 6. The second kappa shape index (κ2) is 42.7. The zero-order valence-electron chi connectivity index (χ0n) is 57.8. The van der Waals surface area contributed by atoms with Crippen molar-refractivity contribution in [1.29, 1.82) is 0 Å². The summed E-state index contributed by atoms with van der Waals surface area (Å²) < 4.78 is 9.85. The summed E-state index contributed by atoms with van der Waals surface area (Å²) in [5.41, 5.74) is 9.41. The van der Waals surface area contributed by atoms with Crippen molar-refractivity contribution in [1.82, 2.24) is 43.9 Å². The molecule has 93 heavy (non-hydrogen) atoms. The quantitative estimate of drug-likeness (QED) is 0.119. The topological polar surface area (TPSA) is 230 Å². The Morgan fingerprint density at radius 1 is 0.495 bits per heavy atom. The second-order valence-corrected chi connectivity index (χ2v) is 21.7. The van der Waals surface area contributed by atoms with Crippen molar-refractivity contribution in [3.05, 3.63) is 186 Å². The average Bonchev–Trinajstić information content (AvgIpc) is 1.80. The predicted molar refractivity (Wildman–Crippen MR) is 385 cm³/mol. The molecule has 0 amide bonds. The zero-order chi connectivity index (χ0) is 69.2. The largest absolute Gasteiger partial charge is 0.434 e. The van der Waals surface area contributed by atoms with Crippen molar-refractivity contribution < 1.29 is 33.2 Å². The summed E-state index contributed by atoms with van der Waals surface area (Å²) in [6.45, 7) is 40.3. The summed E-state index contributed by atoms with van der Waals surface area (Å²) in [6.07, 6.45) is 7.63. The van der Waals surface area contributed by atoms with E-state index in [1.165, 1.54) is 18.3 Å². The number of oxazole rings is 1. The number of pyridine rings is 1. The van der Waals surface area contributed by atoms with Crippen LogP contribution in [0.15, 0.2) is 162 Å². The summed E-state index contributed by atoms with van der Waals surface area (Å²) in [5, 5.41) is 4.67. The Morgan fingerprint density at radius 2 is 1.02 bits per heavy atom. The van der Waals surface area contributed by atoms with Gasteiger partial charge in [0.05, 0.1) is 38.8 Å². The Balaban J connectivity index is 0.000000542. The molecule has 1 aliphatic rings. The van der Waals surface area contributed by atoms with Gasteiger partial charge in [-0.3, -0.25) is 28.8 Å². The lowest BCUT2D eigenvalue weighted by Gasteiger charge is -2.01. The Morgan fingerprint density at radius 3 is 1.57 bits per heavy atom. The summed E-state index contributed by atoms with van der Waals surface area (Å²) in [5.74, 6) is 0.962. The number of aromatic amines is 1. The first-order valence-corrected chi connectivity index (χ1v) is 32.8. The molecule has 12 rings (SSSR count). The average molecular weight is 1290 g/mol. The van der Waals surface area contributed by atoms with E-state index in [9.17, 15) is 28.8 Å². The molecule has 7 aromatic heterocycles. The van der Waals surface area contributed by atoms with Crippen molar-refractivity contribution in [2.75, 3.05) is 0 Å². The molecule has 1 N–H and O–H groups in total. The molecule has 0 spiro atoms.